The van der Waals surface area contributed by atoms with E-state index in [9.17, 15) is 18.7 Å². The van der Waals surface area contributed by atoms with Crippen LogP contribution < -0.4 is 10.2 Å². The number of nitrogens with zero attached hydrogens (tertiary/aromatic N) is 3. The van der Waals surface area contributed by atoms with Crippen molar-refractivity contribution in [3.05, 3.63) is 12.4 Å². The summed E-state index contributed by atoms with van der Waals surface area (Å²) in [6.45, 7) is 1.27. The van der Waals surface area contributed by atoms with Crippen molar-refractivity contribution < 1.29 is 18.7 Å². The summed E-state index contributed by atoms with van der Waals surface area (Å²) in [6, 6.07) is -0.356. The van der Waals surface area contributed by atoms with E-state index in [1.54, 1.807) is 10.9 Å². The zero-order chi connectivity index (χ0) is 16.7. The minimum Gasteiger partial charge on any atom is -0.383 e. The number of rotatable bonds is 4. The molecule has 1 aromatic rings. The van der Waals surface area contributed by atoms with E-state index < -0.39 is 17.4 Å². The SMILES string of the molecule is Cn1cc(N2CCCC(NC(=O)C(F)(F)C3(O)CCC3)C2)cn1. The third-order valence-corrected chi connectivity index (χ3v) is 4.86. The van der Waals surface area contributed by atoms with Gasteiger partial charge in [0.15, 0.2) is 0 Å². The van der Waals surface area contributed by atoms with E-state index in [0.717, 1.165) is 18.7 Å². The van der Waals surface area contributed by atoms with Crippen LogP contribution >= 0.6 is 0 Å². The molecule has 2 N–H and O–H groups in total. The van der Waals surface area contributed by atoms with Gasteiger partial charge in [0.25, 0.3) is 5.91 Å². The maximum atomic E-state index is 14.1. The standard InChI is InChI=1S/C15H22F2N4O2/c1-20-10-12(8-18-20)21-7-2-4-11(9-21)19-13(22)15(16,17)14(23)5-3-6-14/h8,10-11,23H,2-7,9H2,1H3,(H,19,22). The second-order valence-electron chi connectivity index (χ2n) is 6.59. The number of hydrogen-bond acceptors (Lipinski definition) is 4. The summed E-state index contributed by atoms with van der Waals surface area (Å²) >= 11 is 0. The molecule has 23 heavy (non-hydrogen) atoms. The summed E-state index contributed by atoms with van der Waals surface area (Å²) in [7, 11) is 1.81. The molecule has 1 amide bonds. The van der Waals surface area contributed by atoms with Gasteiger partial charge >= 0.3 is 5.92 Å². The number of amides is 1. The molecule has 8 heteroatoms. The highest BCUT2D eigenvalue weighted by atomic mass is 19.3. The van der Waals surface area contributed by atoms with Crippen LogP contribution in [0.2, 0.25) is 0 Å². The topological polar surface area (TPSA) is 70.4 Å². The van der Waals surface area contributed by atoms with Crippen molar-refractivity contribution in [2.24, 2.45) is 7.05 Å². The third kappa shape index (κ3) is 2.91. The maximum absolute atomic E-state index is 14.1. The molecule has 2 aliphatic rings. The van der Waals surface area contributed by atoms with Gasteiger partial charge in [0.1, 0.15) is 5.60 Å². The molecule has 128 valence electrons. The van der Waals surface area contributed by atoms with Crippen LogP contribution in [0.5, 0.6) is 0 Å². The van der Waals surface area contributed by atoms with Gasteiger partial charge in [-0.05, 0) is 32.1 Å². The van der Waals surface area contributed by atoms with Crippen molar-refractivity contribution >= 4 is 11.6 Å². The molecule has 1 atom stereocenters. The quantitative estimate of drug-likeness (QED) is 0.867. The van der Waals surface area contributed by atoms with Gasteiger partial charge in [-0.25, -0.2) is 0 Å². The first-order chi connectivity index (χ1) is 10.8. The number of anilines is 1. The minimum atomic E-state index is -3.73. The Bertz CT molecular complexity index is 586. The highest BCUT2D eigenvalue weighted by Crippen LogP contribution is 2.44. The number of aromatic nitrogens is 2. The number of alkyl halides is 2. The number of piperidine rings is 1. The molecule has 3 rings (SSSR count). The highest BCUT2D eigenvalue weighted by molar-refractivity contribution is 5.85. The molecular weight excluding hydrogens is 306 g/mol. The smallest absolute Gasteiger partial charge is 0.352 e. The second-order valence-corrected chi connectivity index (χ2v) is 6.59. The first-order valence-corrected chi connectivity index (χ1v) is 7.96. The molecule has 1 saturated carbocycles. The van der Waals surface area contributed by atoms with Gasteiger partial charge < -0.3 is 15.3 Å². The summed E-state index contributed by atoms with van der Waals surface area (Å²) in [6.07, 6.45) is 5.50. The summed E-state index contributed by atoms with van der Waals surface area (Å²) in [5.74, 6) is -5.10. The van der Waals surface area contributed by atoms with Crippen molar-refractivity contribution in [2.75, 3.05) is 18.0 Å². The summed E-state index contributed by atoms with van der Waals surface area (Å²) in [5, 5.41) is 16.4. The first-order valence-electron chi connectivity index (χ1n) is 7.96. The Balaban J connectivity index is 1.62. The first kappa shape index (κ1) is 16.2. The molecule has 1 aliphatic heterocycles. The Labute approximate surface area is 133 Å². The van der Waals surface area contributed by atoms with E-state index in [0.29, 0.717) is 19.4 Å². The van der Waals surface area contributed by atoms with E-state index in [-0.39, 0.29) is 18.9 Å². The number of aryl methyl sites for hydroxylation is 1. The van der Waals surface area contributed by atoms with Crippen LogP contribution in [0, 0.1) is 0 Å². The average Bonchev–Trinajstić information content (AvgIpc) is 2.91. The second kappa shape index (κ2) is 5.74. The van der Waals surface area contributed by atoms with Crippen LogP contribution in [0.25, 0.3) is 0 Å². The Morgan fingerprint density at radius 3 is 2.78 bits per heavy atom. The number of halogens is 2. The number of carbonyl (C=O) groups is 1. The van der Waals surface area contributed by atoms with Gasteiger partial charge in [0.2, 0.25) is 0 Å². The lowest BCUT2D eigenvalue weighted by Gasteiger charge is -2.42. The number of nitrogens with one attached hydrogen (secondary N) is 1. The molecule has 0 bridgehead atoms. The van der Waals surface area contributed by atoms with E-state index in [4.69, 9.17) is 0 Å². The van der Waals surface area contributed by atoms with E-state index >= 15 is 0 Å². The molecule has 1 unspecified atom stereocenters. The molecule has 1 aromatic heterocycles. The Kier molecular flexibility index (Phi) is 4.03. The summed E-state index contributed by atoms with van der Waals surface area (Å²) in [5.41, 5.74) is -1.26. The lowest BCUT2D eigenvalue weighted by atomic mass is 9.75. The van der Waals surface area contributed by atoms with Crippen molar-refractivity contribution in [2.45, 2.75) is 49.7 Å². The molecule has 2 fully saturated rings. The van der Waals surface area contributed by atoms with Crippen LogP contribution in [0.3, 0.4) is 0 Å². The normalized spacial score (nSPS) is 24.2. The molecule has 6 nitrogen and oxygen atoms in total. The van der Waals surface area contributed by atoms with Crippen molar-refractivity contribution in [1.82, 2.24) is 15.1 Å². The molecule has 1 aliphatic carbocycles. The lowest BCUT2D eigenvalue weighted by molar-refractivity contribution is -0.216. The van der Waals surface area contributed by atoms with Gasteiger partial charge in [-0.1, -0.05) is 0 Å². The Morgan fingerprint density at radius 1 is 1.48 bits per heavy atom. The predicted molar refractivity (Wildman–Crippen MR) is 80.3 cm³/mol. The van der Waals surface area contributed by atoms with E-state index in [1.165, 1.54) is 0 Å². The van der Waals surface area contributed by atoms with Crippen molar-refractivity contribution in [3.63, 3.8) is 0 Å². The fraction of sp³-hybridized carbons (Fsp3) is 0.733. The number of carbonyl (C=O) groups excluding carboxylic acids is 1. The van der Waals surface area contributed by atoms with Gasteiger partial charge in [-0.15, -0.1) is 0 Å². The zero-order valence-electron chi connectivity index (χ0n) is 13.1. The number of aliphatic hydroxyl groups is 1. The van der Waals surface area contributed by atoms with Crippen LogP contribution in [0.1, 0.15) is 32.1 Å². The van der Waals surface area contributed by atoms with Gasteiger partial charge in [0.05, 0.1) is 11.9 Å². The van der Waals surface area contributed by atoms with Crippen molar-refractivity contribution in [1.29, 1.82) is 0 Å². The molecule has 0 radical (unpaired) electrons. The fourth-order valence-corrected chi connectivity index (χ4v) is 3.21. The van der Waals surface area contributed by atoms with E-state index in [1.807, 2.05) is 18.1 Å². The Hall–Kier alpha value is -1.70. The number of hydrogen-bond donors (Lipinski definition) is 2. The Morgan fingerprint density at radius 2 is 2.22 bits per heavy atom. The third-order valence-electron chi connectivity index (χ3n) is 4.86. The van der Waals surface area contributed by atoms with Gasteiger partial charge in [0, 0.05) is 32.4 Å². The minimum absolute atomic E-state index is 0.0279. The van der Waals surface area contributed by atoms with Crippen LogP contribution in [0.4, 0.5) is 14.5 Å². The van der Waals surface area contributed by atoms with Gasteiger partial charge in [-0.2, -0.15) is 13.9 Å². The average molecular weight is 328 g/mol. The van der Waals surface area contributed by atoms with Gasteiger partial charge in [-0.3, -0.25) is 9.48 Å². The van der Waals surface area contributed by atoms with Crippen LogP contribution in [-0.2, 0) is 11.8 Å². The van der Waals surface area contributed by atoms with E-state index in [2.05, 4.69) is 10.4 Å². The molecule has 2 heterocycles. The highest BCUT2D eigenvalue weighted by Gasteiger charge is 2.61. The predicted octanol–water partition coefficient (Wildman–Crippen LogP) is 1.06. The molecular formula is C15H22F2N4O2. The fourth-order valence-electron chi connectivity index (χ4n) is 3.21. The lowest BCUT2D eigenvalue weighted by Crippen LogP contribution is -2.62. The molecule has 0 aromatic carbocycles. The largest absolute Gasteiger partial charge is 0.383 e. The summed E-state index contributed by atoms with van der Waals surface area (Å²) in [4.78, 5) is 14.0. The van der Waals surface area contributed by atoms with Crippen LogP contribution in [0.15, 0.2) is 12.4 Å². The van der Waals surface area contributed by atoms with Crippen LogP contribution in [-0.4, -0.2) is 51.4 Å². The molecule has 1 saturated heterocycles. The molecule has 0 spiro atoms. The zero-order valence-corrected chi connectivity index (χ0v) is 13.1. The monoisotopic (exact) mass is 328 g/mol. The maximum Gasteiger partial charge on any atom is 0.352 e. The van der Waals surface area contributed by atoms with Crippen molar-refractivity contribution in [3.8, 4) is 0 Å². The summed E-state index contributed by atoms with van der Waals surface area (Å²) < 4.78 is 30.0.